The lowest BCUT2D eigenvalue weighted by Gasteiger charge is -2.49. The van der Waals surface area contributed by atoms with E-state index in [1.807, 2.05) is 7.11 Å². The number of aromatic nitrogens is 1. The van der Waals surface area contributed by atoms with Gasteiger partial charge < -0.3 is 14.6 Å². The number of H-pyrrole nitrogens is 1. The number of hydrogen-bond donors (Lipinski definition) is 1. The molecular formula is C27H34N2O. The van der Waals surface area contributed by atoms with Crippen molar-refractivity contribution in [1.29, 1.82) is 0 Å². The van der Waals surface area contributed by atoms with E-state index in [1.165, 1.54) is 54.5 Å². The Balaban J connectivity index is 1.24. The molecule has 1 saturated heterocycles. The molecule has 158 valence electrons. The van der Waals surface area contributed by atoms with E-state index in [0.29, 0.717) is 23.8 Å². The molecule has 0 saturated carbocycles. The van der Waals surface area contributed by atoms with Crippen LogP contribution < -0.4 is 0 Å². The lowest BCUT2D eigenvalue weighted by atomic mass is 9.67. The van der Waals surface area contributed by atoms with Gasteiger partial charge in [0, 0.05) is 47.2 Å². The van der Waals surface area contributed by atoms with Gasteiger partial charge in [-0.1, -0.05) is 36.4 Å². The fraction of sp³-hybridized carbons (Fsp3) is 0.481. The summed E-state index contributed by atoms with van der Waals surface area (Å²) in [5.74, 6) is 2.96. The highest BCUT2D eigenvalue weighted by Crippen LogP contribution is 2.47. The van der Waals surface area contributed by atoms with Crippen molar-refractivity contribution in [3.63, 3.8) is 0 Å². The minimum atomic E-state index is 0.533. The van der Waals surface area contributed by atoms with E-state index < -0.39 is 0 Å². The van der Waals surface area contributed by atoms with Crippen molar-refractivity contribution >= 4 is 10.9 Å². The van der Waals surface area contributed by atoms with E-state index >= 15 is 0 Å². The summed E-state index contributed by atoms with van der Waals surface area (Å²) in [5, 5.41) is 1.39. The van der Waals surface area contributed by atoms with Crippen LogP contribution in [0.5, 0.6) is 0 Å². The number of allylic oxidation sites excluding steroid dienone is 6. The Morgan fingerprint density at radius 1 is 1.13 bits per heavy atom. The molecular weight excluding hydrogens is 368 g/mol. The molecule has 2 heterocycles. The second-order valence-electron chi connectivity index (χ2n) is 9.25. The van der Waals surface area contributed by atoms with Gasteiger partial charge in [0.25, 0.3) is 0 Å². The zero-order valence-electron chi connectivity index (χ0n) is 18.3. The van der Waals surface area contributed by atoms with Crippen LogP contribution in [0.3, 0.4) is 0 Å². The number of likely N-dealkylation sites (tertiary alicyclic amines) is 1. The number of fused-ring (bicyclic) bond motifs is 4. The zero-order chi connectivity index (χ0) is 20.5. The highest BCUT2D eigenvalue weighted by atomic mass is 16.5. The summed E-state index contributed by atoms with van der Waals surface area (Å²) in [5.41, 5.74) is 4.33. The van der Waals surface area contributed by atoms with Crippen molar-refractivity contribution in [3.05, 3.63) is 71.8 Å². The van der Waals surface area contributed by atoms with Crippen molar-refractivity contribution in [2.75, 3.05) is 13.7 Å². The number of rotatable bonds is 6. The predicted octanol–water partition coefficient (Wildman–Crippen LogP) is 6.21. The number of ether oxygens (including phenoxy) is 1. The van der Waals surface area contributed by atoms with E-state index in [4.69, 9.17) is 4.74 Å². The molecule has 1 aliphatic heterocycles. The van der Waals surface area contributed by atoms with Gasteiger partial charge in [-0.3, -0.25) is 0 Å². The van der Waals surface area contributed by atoms with Gasteiger partial charge in [0.2, 0.25) is 0 Å². The monoisotopic (exact) mass is 402 g/mol. The second kappa shape index (κ2) is 8.37. The summed E-state index contributed by atoms with van der Waals surface area (Å²) in [4.78, 5) is 6.15. The van der Waals surface area contributed by atoms with Gasteiger partial charge in [-0.15, -0.1) is 0 Å². The molecule has 0 bridgehead atoms. The van der Waals surface area contributed by atoms with Gasteiger partial charge in [-0.2, -0.15) is 0 Å². The van der Waals surface area contributed by atoms with Crippen molar-refractivity contribution in [1.82, 2.24) is 9.88 Å². The first kappa shape index (κ1) is 19.5. The van der Waals surface area contributed by atoms with E-state index in [0.717, 1.165) is 12.8 Å². The van der Waals surface area contributed by atoms with Crippen molar-refractivity contribution in [2.45, 2.75) is 51.5 Å². The normalized spacial score (nSPS) is 28.0. The number of nitrogens with one attached hydrogen (secondary N) is 1. The number of nitrogens with zero attached hydrogens (tertiary/aromatic N) is 1. The van der Waals surface area contributed by atoms with Gasteiger partial charge in [-0.05, 0) is 69.1 Å². The summed E-state index contributed by atoms with van der Waals surface area (Å²) in [6, 6.07) is 9.30. The molecule has 3 unspecified atom stereocenters. The maximum Gasteiger partial charge on any atom is 0.0995 e. The molecule has 0 spiro atoms. The molecule has 2 aromatic rings. The number of hydrogen-bond acceptors (Lipinski definition) is 2. The zero-order valence-corrected chi connectivity index (χ0v) is 18.3. The maximum atomic E-state index is 5.70. The molecule has 1 aromatic heterocycles. The number of aromatic amines is 1. The lowest BCUT2D eigenvalue weighted by Crippen LogP contribution is -2.45. The van der Waals surface area contributed by atoms with Gasteiger partial charge in [0.05, 0.1) is 12.9 Å². The molecule has 0 radical (unpaired) electrons. The Bertz CT molecular complexity index is 982. The fourth-order valence-corrected chi connectivity index (χ4v) is 6.02. The second-order valence-corrected chi connectivity index (χ2v) is 9.25. The van der Waals surface area contributed by atoms with Crippen LogP contribution in [-0.2, 0) is 11.2 Å². The van der Waals surface area contributed by atoms with Gasteiger partial charge in [0.1, 0.15) is 0 Å². The topological polar surface area (TPSA) is 28.3 Å². The molecule has 0 amide bonds. The standard InChI is InChI=1S/C27H34N2O/c1-19-13-14-23-22-10-7-12-27(30-2)24(22)15-16-26(23)29(19)17-6-5-8-20-18-28-25-11-4-3-9-21(20)25/h3-4,7,9-12,16,18-19,22-24,28H,5-6,8,13-15,17H2,1-2H3/t19?,22?,23-,24?/m0/s1. The highest BCUT2D eigenvalue weighted by Gasteiger charge is 2.41. The summed E-state index contributed by atoms with van der Waals surface area (Å²) >= 11 is 0. The number of para-hydroxylation sites is 1. The minimum absolute atomic E-state index is 0.533. The first-order chi connectivity index (χ1) is 14.8. The summed E-state index contributed by atoms with van der Waals surface area (Å²) in [6.45, 7) is 3.60. The van der Waals surface area contributed by atoms with Crippen molar-refractivity contribution in [3.8, 4) is 0 Å². The largest absolute Gasteiger partial charge is 0.501 e. The van der Waals surface area contributed by atoms with Gasteiger partial charge >= 0.3 is 0 Å². The molecule has 1 N–H and O–H groups in total. The van der Waals surface area contributed by atoms with Crippen LogP contribution in [0.15, 0.2) is 66.2 Å². The lowest BCUT2D eigenvalue weighted by molar-refractivity contribution is 0.110. The van der Waals surface area contributed by atoms with E-state index in [2.05, 4.69) is 71.6 Å². The van der Waals surface area contributed by atoms with E-state index in [1.54, 1.807) is 5.70 Å². The first-order valence-electron chi connectivity index (χ1n) is 11.7. The summed E-state index contributed by atoms with van der Waals surface area (Å²) in [7, 11) is 1.82. The van der Waals surface area contributed by atoms with E-state index in [-0.39, 0.29) is 0 Å². The molecule has 2 aliphatic carbocycles. The van der Waals surface area contributed by atoms with Gasteiger partial charge in [-0.25, -0.2) is 0 Å². The quantitative estimate of drug-likeness (QED) is 0.582. The Kier molecular flexibility index (Phi) is 5.45. The Morgan fingerprint density at radius 3 is 2.93 bits per heavy atom. The Labute approximate surface area is 180 Å². The van der Waals surface area contributed by atoms with Crippen LogP contribution in [-0.4, -0.2) is 29.6 Å². The molecule has 3 aliphatic rings. The van der Waals surface area contributed by atoms with Crippen LogP contribution in [0.1, 0.15) is 44.6 Å². The molecule has 30 heavy (non-hydrogen) atoms. The third-order valence-corrected chi connectivity index (χ3v) is 7.61. The fourth-order valence-electron chi connectivity index (χ4n) is 6.02. The van der Waals surface area contributed by atoms with E-state index in [9.17, 15) is 0 Å². The van der Waals surface area contributed by atoms with Crippen LogP contribution >= 0.6 is 0 Å². The van der Waals surface area contributed by atoms with Crippen LogP contribution in [0.4, 0.5) is 0 Å². The maximum absolute atomic E-state index is 5.70. The average molecular weight is 403 g/mol. The summed E-state index contributed by atoms with van der Waals surface area (Å²) in [6.07, 6.45) is 18.9. The van der Waals surface area contributed by atoms with Crippen molar-refractivity contribution in [2.24, 2.45) is 17.8 Å². The number of methoxy groups -OCH3 is 1. The molecule has 4 atom stereocenters. The third kappa shape index (κ3) is 3.49. The molecule has 1 aromatic carbocycles. The number of unbranched alkanes of at least 4 members (excludes halogenated alkanes) is 1. The molecule has 1 fully saturated rings. The number of benzene rings is 1. The Morgan fingerprint density at radius 2 is 2.03 bits per heavy atom. The summed E-state index contributed by atoms with van der Waals surface area (Å²) < 4.78 is 5.70. The first-order valence-corrected chi connectivity index (χ1v) is 11.7. The van der Waals surface area contributed by atoms with Crippen LogP contribution in [0, 0.1) is 17.8 Å². The van der Waals surface area contributed by atoms with Crippen LogP contribution in [0.2, 0.25) is 0 Å². The third-order valence-electron chi connectivity index (χ3n) is 7.61. The van der Waals surface area contributed by atoms with Crippen LogP contribution in [0.25, 0.3) is 10.9 Å². The Hall–Kier alpha value is -2.42. The highest BCUT2D eigenvalue weighted by molar-refractivity contribution is 5.82. The molecule has 3 heteroatoms. The van der Waals surface area contributed by atoms with Gasteiger partial charge in [0.15, 0.2) is 0 Å². The number of aryl methyl sites for hydroxylation is 1. The smallest absolute Gasteiger partial charge is 0.0995 e. The molecule has 3 nitrogen and oxygen atoms in total. The SMILES string of the molecule is COC1=CC=CC2C1CC=C1[C@H]2CCC(C)N1CCCCc1c[nH]c2ccccc12. The number of piperidine rings is 1. The average Bonchev–Trinajstić information content (AvgIpc) is 3.20. The molecule has 5 rings (SSSR count). The predicted molar refractivity (Wildman–Crippen MR) is 124 cm³/mol. The van der Waals surface area contributed by atoms with Crippen molar-refractivity contribution < 1.29 is 4.74 Å². The minimum Gasteiger partial charge on any atom is -0.501 e.